The molecule has 3 heteroatoms. The molecule has 0 aliphatic carbocycles. The van der Waals surface area contributed by atoms with Crippen molar-refractivity contribution in [1.82, 2.24) is 0 Å². The monoisotopic (exact) mass is 260 g/mol. The number of halogens is 1. The average molecular weight is 261 g/mol. The molecule has 0 aliphatic heterocycles. The molecular weight excluding hydrogens is 236 g/mol. The molecule has 100 valence electrons. The molecule has 0 heterocycles. The van der Waals surface area contributed by atoms with Crippen LogP contribution in [0.25, 0.3) is 0 Å². The number of hydrogen-bond donors (Lipinski definition) is 0. The van der Waals surface area contributed by atoms with E-state index in [1.54, 1.807) is 0 Å². The number of alkyl halides is 1. The maximum atomic E-state index is 10.7. The SMILES string of the molecule is C=CC(=O)OCCCCCCCCCCCCl. The summed E-state index contributed by atoms with van der Waals surface area (Å²) in [5, 5.41) is 0. The first-order valence-corrected chi connectivity index (χ1v) is 7.20. The smallest absolute Gasteiger partial charge is 0.330 e. The van der Waals surface area contributed by atoms with Crippen molar-refractivity contribution < 1.29 is 9.53 Å². The summed E-state index contributed by atoms with van der Waals surface area (Å²) in [7, 11) is 0. The van der Waals surface area contributed by atoms with Crippen LogP contribution in [0.4, 0.5) is 0 Å². The summed E-state index contributed by atoms with van der Waals surface area (Å²) in [6.07, 6.45) is 12.2. The van der Waals surface area contributed by atoms with E-state index in [1.165, 1.54) is 44.6 Å². The minimum atomic E-state index is -0.315. The van der Waals surface area contributed by atoms with Crippen molar-refractivity contribution in [3.8, 4) is 0 Å². The largest absolute Gasteiger partial charge is 0.463 e. The van der Waals surface area contributed by atoms with Crippen molar-refractivity contribution in [2.24, 2.45) is 0 Å². The maximum absolute atomic E-state index is 10.7. The molecule has 0 aromatic rings. The van der Waals surface area contributed by atoms with Gasteiger partial charge < -0.3 is 4.74 Å². The van der Waals surface area contributed by atoms with E-state index in [2.05, 4.69) is 6.58 Å². The quantitative estimate of drug-likeness (QED) is 0.224. The van der Waals surface area contributed by atoms with Crippen LogP contribution >= 0.6 is 11.6 Å². The van der Waals surface area contributed by atoms with Gasteiger partial charge in [0.05, 0.1) is 6.61 Å². The average Bonchev–Trinajstić information content (AvgIpc) is 2.35. The van der Waals surface area contributed by atoms with Crippen molar-refractivity contribution in [3.63, 3.8) is 0 Å². The summed E-state index contributed by atoms with van der Waals surface area (Å²) in [6.45, 7) is 3.88. The van der Waals surface area contributed by atoms with Gasteiger partial charge in [-0.1, -0.05) is 51.5 Å². The Kier molecular flexibility index (Phi) is 13.2. The van der Waals surface area contributed by atoms with Crippen LogP contribution in [0.3, 0.4) is 0 Å². The predicted molar refractivity (Wildman–Crippen MR) is 73.4 cm³/mol. The van der Waals surface area contributed by atoms with E-state index in [4.69, 9.17) is 16.3 Å². The van der Waals surface area contributed by atoms with Crippen LogP contribution in [0.1, 0.15) is 57.8 Å². The molecule has 0 aromatic carbocycles. The fourth-order valence-corrected chi connectivity index (χ4v) is 1.85. The maximum Gasteiger partial charge on any atom is 0.330 e. The summed E-state index contributed by atoms with van der Waals surface area (Å²) in [5.41, 5.74) is 0. The number of ether oxygens (including phenoxy) is 1. The van der Waals surface area contributed by atoms with Crippen LogP contribution in [0.2, 0.25) is 0 Å². The minimum Gasteiger partial charge on any atom is -0.463 e. The van der Waals surface area contributed by atoms with Crippen molar-refractivity contribution in [2.45, 2.75) is 57.8 Å². The van der Waals surface area contributed by atoms with E-state index in [0.29, 0.717) is 6.61 Å². The van der Waals surface area contributed by atoms with Gasteiger partial charge in [-0.3, -0.25) is 0 Å². The fraction of sp³-hybridized carbons (Fsp3) is 0.786. The third-order valence-corrected chi connectivity index (χ3v) is 2.96. The van der Waals surface area contributed by atoms with Gasteiger partial charge in [0.15, 0.2) is 0 Å². The summed E-state index contributed by atoms with van der Waals surface area (Å²) < 4.78 is 4.89. The molecule has 0 saturated carbocycles. The standard InChI is InChI=1S/C14H25ClO2/c1-2-14(16)17-13-11-9-7-5-3-4-6-8-10-12-15/h2H,1,3-13H2. The highest BCUT2D eigenvalue weighted by Gasteiger charge is 1.95. The normalized spacial score (nSPS) is 10.2. The Labute approximate surface area is 110 Å². The van der Waals surface area contributed by atoms with E-state index in [1.807, 2.05) is 0 Å². The zero-order valence-electron chi connectivity index (χ0n) is 10.8. The Bertz CT molecular complexity index is 193. The predicted octanol–water partition coefficient (Wildman–Crippen LogP) is 4.47. The Morgan fingerprint density at radius 2 is 1.41 bits per heavy atom. The van der Waals surface area contributed by atoms with Gasteiger partial charge >= 0.3 is 5.97 Å². The topological polar surface area (TPSA) is 26.3 Å². The second-order valence-electron chi connectivity index (χ2n) is 4.24. The minimum absolute atomic E-state index is 0.315. The second-order valence-corrected chi connectivity index (χ2v) is 4.62. The Hall–Kier alpha value is -0.500. The highest BCUT2D eigenvalue weighted by Crippen LogP contribution is 2.10. The summed E-state index contributed by atoms with van der Waals surface area (Å²) in [6, 6.07) is 0. The lowest BCUT2D eigenvalue weighted by Gasteiger charge is -2.02. The van der Waals surface area contributed by atoms with Crippen LogP contribution in [0, 0.1) is 0 Å². The van der Waals surface area contributed by atoms with Gasteiger partial charge in [0, 0.05) is 12.0 Å². The Balaban J connectivity index is 2.98. The molecule has 0 fully saturated rings. The molecule has 0 bridgehead atoms. The highest BCUT2D eigenvalue weighted by molar-refractivity contribution is 6.17. The molecule has 0 rings (SSSR count). The number of hydrogen-bond acceptors (Lipinski definition) is 2. The molecule has 17 heavy (non-hydrogen) atoms. The van der Waals surface area contributed by atoms with Crippen LogP contribution in [-0.2, 0) is 9.53 Å². The van der Waals surface area contributed by atoms with Crippen LogP contribution in [0.15, 0.2) is 12.7 Å². The van der Waals surface area contributed by atoms with Crippen molar-refractivity contribution >= 4 is 17.6 Å². The van der Waals surface area contributed by atoms with Gasteiger partial charge in [-0.25, -0.2) is 4.79 Å². The first-order valence-electron chi connectivity index (χ1n) is 6.66. The van der Waals surface area contributed by atoms with Gasteiger partial charge in [0.25, 0.3) is 0 Å². The summed E-state index contributed by atoms with van der Waals surface area (Å²) in [4.78, 5) is 10.7. The van der Waals surface area contributed by atoms with E-state index in [0.717, 1.165) is 25.1 Å². The van der Waals surface area contributed by atoms with Crippen LogP contribution in [0.5, 0.6) is 0 Å². The van der Waals surface area contributed by atoms with Gasteiger partial charge in [-0.15, -0.1) is 11.6 Å². The molecule has 0 aliphatic rings. The molecule has 0 aromatic heterocycles. The Morgan fingerprint density at radius 3 is 1.88 bits per heavy atom. The third-order valence-electron chi connectivity index (χ3n) is 2.69. The molecule has 0 amide bonds. The molecule has 2 nitrogen and oxygen atoms in total. The lowest BCUT2D eigenvalue weighted by molar-refractivity contribution is -0.137. The first-order chi connectivity index (χ1) is 8.31. The number of carbonyl (C=O) groups excluding carboxylic acids is 1. The summed E-state index contributed by atoms with van der Waals surface area (Å²) >= 11 is 5.60. The second kappa shape index (κ2) is 13.6. The number of rotatable bonds is 12. The highest BCUT2D eigenvalue weighted by atomic mass is 35.5. The van der Waals surface area contributed by atoms with Crippen LogP contribution in [-0.4, -0.2) is 18.5 Å². The van der Waals surface area contributed by atoms with Crippen molar-refractivity contribution in [2.75, 3.05) is 12.5 Å². The lowest BCUT2D eigenvalue weighted by Crippen LogP contribution is -2.01. The first kappa shape index (κ1) is 16.5. The van der Waals surface area contributed by atoms with Crippen molar-refractivity contribution in [3.05, 3.63) is 12.7 Å². The number of carbonyl (C=O) groups is 1. The number of esters is 1. The van der Waals surface area contributed by atoms with E-state index >= 15 is 0 Å². The molecular formula is C14H25ClO2. The molecule has 0 radical (unpaired) electrons. The lowest BCUT2D eigenvalue weighted by atomic mass is 10.1. The molecule has 0 N–H and O–H groups in total. The fourth-order valence-electron chi connectivity index (χ4n) is 1.67. The van der Waals surface area contributed by atoms with Crippen molar-refractivity contribution in [1.29, 1.82) is 0 Å². The van der Waals surface area contributed by atoms with Gasteiger partial charge in [-0.2, -0.15) is 0 Å². The molecule has 0 spiro atoms. The zero-order chi connectivity index (χ0) is 12.8. The van der Waals surface area contributed by atoms with Gasteiger partial charge in [0.2, 0.25) is 0 Å². The molecule has 0 unspecified atom stereocenters. The van der Waals surface area contributed by atoms with Gasteiger partial charge in [0.1, 0.15) is 0 Å². The zero-order valence-corrected chi connectivity index (χ0v) is 11.5. The third kappa shape index (κ3) is 13.4. The molecule has 0 atom stereocenters. The summed E-state index contributed by atoms with van der Waals surface area (Å²) in [5.74, 6) is 0.480. The number of unbranched alkanes of at least 4 members (excludes halogenated alkanes) is 8. The van der Waals surface area contributed by atoms with E-state index in [-0.39, 0.29) is 5.97 Å². The van der Waals surface area contributed by atoms with E-state index in [9.17, 15) is 4.79 Å². The molecule has 0 saturated heterocycles. The van der Waals surface area contributed by atoms with Crippen LogP contribution < -0.4 is 0 Å². The Morgan fingerprint density at radius 1 is 0.941 bits per heavy atom. The van der Waals surface area contributed by atoms with E-state index < -0.39 is 0 Å². The van der Waals surface area contributed by atoms with Gasteiger partial charge in [-0.05, 0) is 12.8 Å².